The van der Waals surface area contributed by atoms with Gasteiger partial charge in [0.1, 0.15) is 17.3 Å². The summed E-state index contributed by atoms with van der Waals surface area (Å²) >= 11 is 0. The summed E-state index contributed by atoms with van der Waals surface area (Å²) in [5.41, 5.74) is 18.7. The summed E-state index contributed by atoms with van der Waals surface area (Å²) in [6, 6.07) is 71.8. The van der Waals surface area contributed by atoms with Gasteiger partial charge in [-0.3, -0.25) is 4.57 Å². The Morgan fingerprint density at radius 1 is 0.432 bits per heavy atom. The van der Waals surface area contributed by atoms with Crippen LogP contribution in [0.5, 0.6) is 11.5 Å². The maximum Gasteiger partial charge on any atom is 0.137 e. The third kappa shape index (κ3) is 10.6. The van der Waals surface area contributed by atoms with Gasteiger partial charge in [-0.15, -0.1) is 0 Å². The first-order valence-corrected chi connectivity index (χ1v) is 29.2. The predicted octanol–water partition coefficient (Wildman–Crippen LogP) is 20.4. The summed E-state index contributed by atoms with van der Waals surface area (Å²) in [6.07, 6.45) is 4.30. The van der Waals surface area contributed by atoms with Crippen molar-refractivity contribution in [3.8, 4) is 28.4 Å². The molecule has 0 saturated carbocycles. The molecule has 0 unspecified atom stereocenters. The molecule has 81 heavy (non-hydrogen) atoms. The van der Waals surface area contributed by atoms with Crippen molar-refractivity contribution in [3.05, 3.63) is 257 Å². The van der Waals surface area contributed by atoms with Crippen LogP contribution in [-0.2, 0) is 21.7 Å². The van der Waals surface area contributed by atoms with Crippen LogP contribution in [0, 0.1) is 0 Å². The summed E-state index contributed by atoms with van der Waals surface area (Å²) in [4.78, 5) is 9.99. The van der Waals surface area contributed by atoms with Gasteiger partial charge in [0.25, 0.3) is 0 Å². The number of aromatic nitrogens is 2. The zero-order valence-electron chi connectivity index (χ0n) is 50.2. The van der Waals surface area contributed by atoms with Crippen LogP contribution in [0.3, 0.4) is 0 Å². The maximum absolute atomic E-state index is 7.31. The van der Waals surface area contributed by atoms with Crippen molar-refractivity contribution in [2.75, 3.05) is 16.5 Å². The van der Waals surface area contributed by atoms with E-state index in [4.69, 9.17) is 9.72 Å². The average molecular weight is 1070 g/mol. The maximum atomic E-state index is 7.31. The molecule has 5 nitrogen and oxygen atoms in total. The second kappa shape index (κ2) is 21.1. The van der Waals surface area contributed by atoms with Gasteiger partial charge in [0.15, 0.2) is 0 Å². The summed E-state index contributed by atoms with van der Waals surface area (Å²) in [5.74, 6) is 3.02. The Kier molecular flexibility index (Phi) is 14.2. The Morgan fingerprint density at radius 3 is 1.59 bits per heavy atom. The van der Waals surface area contributed by atoms with E-state index in [1.807, 2.05) is 6.20 Å². The van der Waals surface area contributed by atoms with Crippen molar-refractivity contribution in [2.45, 2.75) is 130 Å². The Labute approximate surface area is 482 Å². The second-order valence-electron chi connectivity index (χ2n) is 26.3. The van der Waals surface area contributed by atoms with Gasteiger partial charge in [-0.25, -0.2) is 4.98 Å². The van der Waals surface area contributed by atoms with Crippen molar-refractivity contribution in [3.63, 3.8) is 0 Å². The molecule has 0 aliphatic carbocycles. The van der Waals surface area contributed by atoms with Crippen molar-refractivity contribution in [2.24, 2.45) is 0 Å². The van der Waals surface area contributed by atoms with Gasteiger partial charge in [-0.2, -0.15) is 0 Å². The highest BCUT2D eigenvalue weighted by Gasteiger charge is 2.33. The molecule has 1 aliphatic rings. The fourth-order valence-corrected chi connectivity index (χ4v) is 12.0. The summed E-state index contributed by atoms with van der Waals surface area (Å²) in [5, 5.41) is 2.36. The largest absolute Gasteiger partial charge is 0.457 e. The van der Waals surface area contributed by atoms with E-state index in [1.165, 1.54) is 55.5 Å². The number of fused-ring (bicyclic) bond motifs is 3. The minimum atomic E-state index is -0.285. The molecular weight excluding hydrogens is 985 g/mol. The average Bonchev–Trinajstić information content (AvgIpc) is 4.22. The van der Waals surface area contributed by atoms with Crippen molar-refractivity contribution in [1.82, 2.24) is 9.55 Å². The normalized spacial score (nSPS) is 13.5. The Morgan fingerprint density at radius 2 is 1.01 bits per heavy atom. The Balaban J connectivity index is 1.09. The monoisotopic (exact) mass is 1060 g/mol. The molecule has 0 bridgehead atoms. The molecular formula is C76H80N4O. The van der Waals surface area contributed by atoms with E-state index in [1.54, 1.807) is 0 Å². The van der Waals surface area contributed by atoms with Gasteiger partial charge < -0.3 is 14.5 Å². The van der Waals surface area contributed by atoms with Crippen molar-refractivity contribution in [1.29, 1.82) is 0 Å². The van der Waals surface area contributed by atoms with Crippen LogP contribution in [0.1, 0.15) is 159 Å². The minimum Gasteiger partial charge on any atom is -0.457 e. The van der Waals surface area contributed by atoms with E-state index < -0.39 is 0 Å². The molecule has 0 amide bonds. The molecule has 8 aromatic carbocycles. The smallest absolute Gasteiger partial charge is 0.137 e. The highest BCUT2D eigenvalue weighted by molar-refractivity contribution is 6.10. The molecule has 10 aromatic rings. The molecule has 0 spiro atoms. The number of benzene rings is 8. The van der Waals surface area contributed by atoms with E-state index in [9.17, 15) is 0 Å². The lowest BCUT2D eigenvalue weighted by molar-refractivity contribution is 0.483. The molecule has 410 valence electrons. The summed E-state index contributed by atoms with van der Waals surface area (Å²) in [7, 11) is 0. The van der Waals surface area contributed by atoms with Gasteiger partial charge >= 0.3 is 0 Å². The number of rotatable bonds is 13. The number of pyridine rings is 1. The van der Waals surface area contributed by atoms with Gasteiger partial charge in [-0.1, -0.05) is 218 Å². The Bertz CT molecular complexity index is 3860. The second-order valence-corrected chi connectivity index (χ2v) is 26.3. The van der Waals surface area contributed by atoms with E-state index in [-0.39, 0.29) is 21.7 Å². The molecule has 0 fully saturated rings. The summed E-state index contributed by atoms with van der Waals surface area (Å²) in [6.45, 7) is 32.9. The molecule has 0 N–H and O–H groups in total. The van der Waals surface area contributed by atoms with E-state index in [0.29, 0.717) is 18.5 Å². The molecule has 0 radical (unpaired) electrons. The first-order valence-electron chi connectivity index (χ1n) is 29.2. The molecule has 5 heteroatoms. The van der Waals surface area contributed by atoms with Gasteiger partial charge in [0.2, 0.25) is 0 Å². The third-order valence-electron chi connectivity index (χ3n) is 17.2. The lowest BCUT2D eigenvalue weighted by Gasteiger charge is -2.34. The zero-order chi connectivity index (χ0) is 57.2. The molecule has 2 aromatic heterocycles. The lowest BCUT2D eigenvalue weighted by Crippen LogP contribution is -2.28. The number of nitrogens with zero attached hydrogens (tertiary/aromatic N) is 4. The SMILES string of the molecule is CC(C)c1cccc(C(C)C)c1-c1cc(Oc2ccc3c4cc(C(C)(C)C)ccc4n(-c4cc(C(C)(C)C)ccn4)c3c2)cc(N2C=C(c3ccccc3)N(c3cc(C(C)(C)c4ccccc4)cc(C(C)(C)c4ccccc4)c3)C2)c1. The third-order valence-corrected chi connectivity index (χ3v) is 17.2. The fraction of sp³-hybridized carbons (Fsp3) is 0.276. The predicted molar refractivity (Wildman–Crippen MR) is 344 cm³/mol. The molecule has 1 aliphatic heterocycles. The first-order chi connectivity index (χ1) is 38.6. The standard InChI is InChI=1S/C76H80N4O/c1-50(2)64-31-24-32-65(51(3)4)72(64)53-39-60(46-63(40-53)81-62-34-35-66-67-44-56(73(5,6)7)33-36-68(67)80(69(66)47-62)71-45-57(37-38-77-71)74(8,9)10)78-48-70(52-25-18-15-19-26-52)79(49-78)61-42-58(75(11,12)54-27-20-16-21-28-54)41-59(43-61)76(13,14)55-29-22-17-23-30-55/h15-48,50-51H,49H2,1-14H3. The summed E-state index contributed by atoms with van der Waals surface area (Å²) < 4.78 is 9.64. The molecule has 3 heterocycles. The van der Waals surface area contributed by atoms with Crippen molar-refractivity contribution >= 4 is 38.9 Å². The van der Waals surface area contributed by atoms with Gasteiger partial charge in [0.05, 0.1) is 23.4 Å². The van der Waals surface area contributed by atoms with Crippen LogP contribution in [0.2, 0.25) is 0 Å². The van der Waals surface area contributed by atoms with Crippen LogP contribution in [0.15, 0.2) is 207 Å². The number of hydrogen-bond donors (Lipinski definition) is 0. The van der Waals surface area contributed by atoms with Crippen LogP contribution in [-0.4, -0.2) is 16.2 Å². The van der Waals surface area contributed by atoms with Crippen molar-refractivity contribution < 1.29 is 4.74 Å². The number of anilines is 2. The lowest BCUT2D eigenvalue weighted by atomic mass is 9.73. The molecule has 0 atom stereocenters. The number of hydrogen-bond acceptors (Lipinski definition) is 4. The zero-order valence-corrected chi connectivity index (χ0v) is 50.2. The van der Waals surface area contributed by atoms with Crippen LogP contribution in [0.25, 0.3) is 44.4 Å². The minimum absolute atomic E-state index is 0.0165. The quantitative estimate of drug-likeness (QED) is 0.115. The van der Waals surface area contributed by atoms with Crippen LogP contribution >= 0.6 is 0 Å². The van der Waals surface area contributed by atoms with Gasteiger partial charge in [0, 0.05) is 57.5 Å². The van der Waals surface area contributed by atoms with E-state index in [0.717, 1.165) is 61.9 Å². The fourth-order valence-electron chi connectivity index (χ4n) is 12.0. The Hall–Kier alpha value is -8.15. The highest BCUT2D eigenvalue weighted by Crippen LogP contribution is 2.46. The molecule has 0 saturated heterocycles. The van der Waals surface area contributed by atoms with Crippen LogP contribution < -0.4 is 14.5 Å². The van der Waals surface area contributed by atoms with Crippen LogP contribution in [0.4, 0.5) is 11.4 Å². The van der Waals surface area contributed by atoms with E-state index in [2.05, 4.69) is 312 Å². The highest BCUT2D eigenvalue weighted by atomic mass is 16.5. The van der Waals surface area contributed by atoms with E-state index >= 15 is 0 Å². The number of ether oxygens (including phenoxy) is 1. The first kappa shape index (κ1) is 54.8. The molecule has 11 rings (SSSR count). The van der Waals surface area contributed by atoms with Gasteiger partial charge in [-0.05, 0) is 145 Å². The topological polar surface area (TPSA) is 33.5 Å².